The van der Waals surface area contributed by atoms with Gasteiger partial charge in [-0.05, 0) is 112 Å². The van der Waals surface area contributed by atoms with Gasteiger partial charge in [-0.15, -0.1) is 6.58 Å². The molecule has 5 aromatic rings. The fourth-order valence-electron chi connectivity index (χ4n) is 8.47. The molecule has 318 valence electrons. The predicted octanol–water partition coefficient (Wildman–Crippen LogP) is 5.93. The number of carbonyl (C=O) groups excluding carboxylic acids is 3. The molecular weight excluding hydrogens is 773 g/mol. The highest BCUT2D eigenvalue weighted by Crippen LogP contribution is 2.34. The second-order valence-electron chi connectivity index (χ2n) is 16.7. The Morgan fingerprint density at radius 3 is 2.46 bits per heavy atom. The van der Waals surface area contributed by atoms with Crippen molar-refractivity contribution in [3.63, 3.8) is 0 Å². The van der Waals surface area contributed by atoms with Gasteiger partial charge < -0.3 is 30.9 Å². The number of imide groups is 1. The molecule has 3 saturated heterocycles. The summed E-state index contributed by atoms with van der Waals surface area (Å²) in [6.07, 6.45) is 7.86. The number of nitrogens with one attached hydrogen (secondary N) is 4. The maximum Gasteiger partial charge on any atom is 0.329 e. The van der Waals surface area contributed by atoms with Crippen molar-refractivity contribution in [2.75, 3.05) is 66.2 Å². The van der Waals surface area contributed by atoms with Gasteiger partial charge in [-0.25, -0.2) is 14.8 Å². The molecule has 3 aliphatic rings. The van der Waals surface area contributed by atoms with Crippen LogP contribution >= 0.6 is 0 Å². The summed E-state index contributed by atoms with van der Waals surface area (Å²) < 4.78 is 1.82. The van der Waals surface area contributed by atoms with Crippen LogP contribution in [-0.4, -0.2) is 98.4 Å². The number of urea groups is 1. The highest BCUT2D eigenvalue weighted by molar-refractivity contribution is 6.09. The monoisotopic (exact) mass is 826 g/mol. The first-order valence-electron chi connectivity index (χ1n) is 21.1. The summed E-state index contributed by atoms with van der Waals surface area (Å²) >= 11 is 0. The number of nitrogens with zero attached hydrogens (tertiary/aromatic N) is 8. The summed E-state index contributed by atoms with van der Waals surface area (Å²) in [6, 6.07) is 19.6. The molecule has 61 heavy (non-hydrogen) atoms. The Morgan fingerprint density at radius 2 is 1.74 bits per heavy atom. The zero-order valence-electron chi connectivity index (χ0n) is 35.0. The van der Waals surface area contributed by atoms with E-state index in [4.69, 9.17) is 0 Å². The van der Waals surface area contributed by atoms with Crippen LogP contribution in [0.2, 0.25) is 0 Å². The molecule has 8 rings (SSSR count). The SMILES string of the molecule is C=CCNC(=O)c1cnc(Nc2ccc(C3CCN(CC4CCN(c5ccc6c(N7CCC(=O)NC7=O)nn(C)c6c5)CC4)CC3)cc2)nc1Nc1cccc(C(C)(C)O)n1. The molecule has 16 heteroatoms. The first kappa shape index (κ1) is 41.3. The summed E-state index contributed by atoms with van der Waals surface area (Å²) in [4.78, 5) is 57.4. The Bertz CT molecular complexity index is 2410. The van der Waals surface area contributed by atoms with Crippen molar-refractivity contribution in [1.29, 1.82) is 0 Å². The number of rotatable bonds is 13. The standard InChI is InChI=1S/C45H54N12O4/c1-5-20-46-42(59)35-27-47-43(52-40(35)50-38-8-6-7-37(49-38)45(2,3)61)48-32-11-9-30(10-12-32)31-17-21-55(22-18-31)28-29-15-23-56(24-16-29)33-13-14-34-36(26-33)54(4)53-41(34)57-25-19-39(58)51-44(57)60/h5-14,26-27,29,31,61H,1,15-25,28H2,2-4H3,(H,46,59)(H,51,58,60)(H2,47,48,49,50,52). The van der Waals surface area contributed by atoms with Gasteiger partial charge >= 0.3 is 6.03 Å². The van der Waals surface area contributed by atoms with Crippen molar-refractivity contribution in [2.24, 2.45) is 13.0 Å². The number of benzene rings is 2. The average Bonchev–Trinajstić information content (AvgIpc) is 3.58. The Balaban J connectivity index is 0.830. The maximum atomic E-state index is 13.0. The van der Waals surface area contributed by atoms with Gasteiger partial charge in [-0.2, -0.15) is 10.1 Å². The van der Waals surface area contributed by atoms with Gasteiger partial charge in [0.2, 0.25) is 11.9 Å². The molecule has 3 aliphatic heterocycles. The van der Waals surface area contributed by atoms with Gasteiger partial charge in [0.25, 0.3) is 5.91 Å². The highest BCUT2D eigenvalue weighted by Gasteiger charge is 2.30. The van der Waals surface area contributed by atoms with E-state index in [0.717, 1.165) is 75.0 Å². The molecule has 0 saturated carbocycles. The fourth-order valence-corrected chi connectivity index (χ4v) is 8.47. The lowest BCUT2D eigenvalue weighted by molar-refractivity contribution is -0.120. The van der Waals surface area contributed by atoms with E-state index in [-0.39, 0.29) is 29.6 Å². The average molecular weight is 827 g/mol. The Kier molecular flexibility index (Phi) is 12.0. The second-order valence-corrected chi connectivity index (χ2v) is 16.7. The predicted molar refractivity (Wildman–Crippen MR) is 237 cm³/mol. The van der Waals surface area contributed by atoms with Crippen LogP contribution in [0.3, 0.4) is 0 Å². The van der Waals surface area contributed by atoms with Crippen molar-refractivity contribution in [1.82, 2.24) is 40.3 Å². The lowest BCUT2D eigenvalue weighted by Gasteiger charge is -2.38. The largest absolute Gasteiger partial charge is 0.384 e. The third-order valence-corrected chi connectivity index (χ3v) is 11.9. The molecule has 3 fully saturated rings. The van der Waals surface area contributed by atoms with Crippen LogP contribution in [0, 0.1) is 5.92 Å². The van der Waals surface area contributed by atoms with E-state index < -0.39 is 11.6 Å². The number of anilines is 6. The number of fused-ring (bicyclic) bond motifs is 1. The number of amides is 4. The van der Waals surface area contributed by atoms with Crippen LogP contribution in [0.1, 0.15) is 73.5 Å². The normalized spacial score (nSPS) is 17.0. The van der Waals surface area contributed by atoms with Crippen molar-refractivity contribution in [2.45, 2.75) is 57.5 Å². The molecule has 2 aromatic carbocycles. The quantitative estimate of drug-likeness (QED) is 0.0883. The van der Waals surface area contributed by atoms with E-state index in [1.165, 1.54) is 17.4 Å². The topological polar surface area (TPSA) is 186 Å². The van der Waals surface area contributed by atoms with Gasteiger partial charge in [0, 0.05) is 69.2 Å². The molecule has 5 N–H and O–H groups in total. The zero-order chi connectivity index (χ0) is 42.7. The fraction of sp³-hybridized carbons (Fsp3) is 0.400. The molecule has 0 bridgehead atoms. The van der Waals surface area contributed by atoms with Crippen LogP contribution in [0.5, 0.6) is 0 Å². The van der Waals surface area contributed by atoms with Crippen molar-refractivity contribution >= 4 is 63.5 Å². The lowest BCUT2D eigenvalue weighted by Crippen LogP contribution is -2.49. The van der Waals surface area contributed by atoms with E-state index in [2.05, 4.69) is 82.0 Å². The molecule has 4 amide bonds. The maximum absolute atomic E-state index is 13.0. The number of likely N-dealkylation sites (tertiary alicyclic amines) is 1. The molecule has 6 heterocycles. The van der Waals surface area contributed by atoms with E-state index >= 15 is 0 Å². The van der Waals surface area contributed by atoms with Gasteiger partial charge in [-0.1, -0.05) is 24.3 Å². The van der Waals surface area contributed by atoms with Crippen molar-refractivity contribution in [3.05, 3.63) is 96.3 Å². The molecule has 0 unspecified atom stereocenters. The van der Waals surface area contributed by atoms with Crippen LogP contribution in [-0.2, 0) is 17.4 Å². The Morgan fingerprint density at radius 1 is 0.967 bits per heavy atom. The summed E-state index contributed by atoms with van der Waals surface area (Å²) in [7, 11) is 1.90. The molecule has 16 nitrogen and oxygen atoms in total. The Hall–Kier alpha value is -6.39. The summed E-state index contributed by atoms with van der Waals surface area (Å²) in [5, 5.41) is 27.7. The minimum absolute atomic E-state index is 0.248. The van der Waals surface area contributed by atoms with Crippen molar-refractivity contribution in [3.8, 4) is 0 Å². The summed E-state index contributed by atoms with van der Waals surface area (Å²) in [5.41, 5.74) is 3.87. The van der Waals surface area contributed by atoms with E-state index in [0.29, 0.717) is 48.2 Å². The number of hydrogen-bond acceptors (Lipinski definition) is 12. The van der Waals surface area contributed by atoms with Crippen LogP contribution in [0.25, 0.3) is 10.9 Å². The summed E-state index contributed by atoms with van der Waals surface area (Å²) in [5.74, 6) is 2.16. The molecule has 0 atom stereocenters. The first-order chi connectivity index (χ1) is 29.4. The first-order valence-corrected chi connectivity index (χ1v) is 21.1. The lowest BCUT2D eigenvalue weighted by atomic mass is 9.88. The van der Waals surface area contributed by atoms with Crippen LogP contribution in [0.15, 0.2) is 79.5 Å². The number of piperidine rings is 2. The molecular formula is C45H54N12O4. The molecule has 0 radical (unpaired) electrons. The molecule has 3 aromatic heterocycles. The zero-order valence-corrected chi connectivity index (χ0v) is 35.0. The highest BCUT2D eigenvalue weighted by atomic mass is 16.3. The van der Waals surface area contributed by atoms with Crippen LogP contribution in [0.4, 0.5) is 39.6 Å². The number of pyridine rings is 1. The summed E-state index contributed by atoms with van der Waals surface area (Å²) in [6.45, 7) is 12.9. The van der Waals surface area contributed by atoms with E-state index in [1.807, 2.05) is 29.9 Å². The van der Waals surface area contributed by atoms with Gasteiger partial charge in [-0.3, -0.25) is 24.5 Å². The second kappa shape index (κ2) is 17.7. The molecule has 0 aliphatic carbocycles. The number of aromatic nitrogens is 5. The smallest absolute Gasteiger partial charge is 0.329 e. The van der Waals surface area contributed by atoms with Gasteiger partial charge in [0.15, 0.2) is 5.82 Å². The van der Waals surface area contributed by atoms with Crippen LogP contribution < -0.4 is 31.1 Å². The van der Waals surface area contributed by atoms with Crippen molar-refractivity contribution < 1.29 is 19.5 Å². The Labute approximate surface area is 355 Å². The van der Waals surface area contributed by atoms with E-state index in [1.54, 1.807) is 43.0 Å². The van der Waals surface area contributed by atoms with Gasteiger partial charge in [0.1, 0.15) is 22.8 Å². The number of aryl methyl sites for hydroxylation is 1. The number of hydrogen-bond donors (Lipinski definition) is 5. The van der Waals surface area contributed by atoms with E-state index in [9.17, 15) is 19.5 Å². The minimum Gasteiger partial charge on any atom is -0.384 e. The van der Waals surface area contributed by atoms with Gasteiger partial charge in [0.05, 0.1) is 11.2 Å². The molecule has 0 spiro atoms. The third kappa shape index (κ3) is 9.50. The third-order valence-electron chi connectivity index (χ3n) is 11.9. The minimum atomic E-state index is -1.14. The number of aliphatic hydroxyl groups is 1. The number of carbonyl (C=O) groups is 3.